The van der Waals surface area contributed by atoms with E-state index in [-0.39, 0.29) is 0 Å². The first-order valence-electron chi connectivity index (χ1n) is 7.32. The second kappa shape index (κ2) is 5.93. The van der Waals surface area contributed by atoms with Crippen LogP contribution in [0.4, 0.5) is 11.8 Å². The van der Waals surface area contributed by atoms with Crippen LogP contribution in [0, 0.1) is 0 Å². The molecule has 5 nitrogen and oxygen atoms in total. The maximum atomic E-state index is 5.51. The lowest BCUT2D eigenvalue weighted by molar-refractivity contribution is 0.433. The molecule has 3 N–H and O–H groups in total. The molecular formula is C14H21N5S. The minimum Gasteiger partial charge on any atom is -0.353 e. The first kappa shape index (κ1) is 13.6. The molecular weight excluding hydrogens is 270 g/mol. The van der Waals surface area contributed by atoms with Crippen LogP contribution in [-0.4, -0.2) is 22.6 Å². The van der Waals surface area contributed by atoms with Gasteiger partial charge < -0.3 is 4.90 Å². The Hall–Kier alpha value is -1.40. The summed E-state index contributed by atoms with van der Waals surface area (Å²) in [6.45, 7) is 3.33. The minimum absolute atomic E-state index is 0.510. The summed E-state index contributed by atoms with van der Waals surface area (Å²) < 4.78 is 0. The number of thiophene rings is 1. The number of aromatic nitrogens is 2. The Labute approximate surface area is 123 Å². The van der Waals surface area contributed by atoms with Gasteiger partial charge in [-0.1, -0.05) is 13.3 Å². The van der Waals surface area contributed by atoms with Crippen LogP contribution in [-0.2, 0) is 0 Å². The fraction of sp³-hybridized carbons (Fsp3) is 0.571. The average Bonchev–Trinajstić information content (AvgIpc) is 2.95. The van der Waals surface area contributed by atoms with Gasteiger partial charge in [0.05, 0.1) is 5.39 Å². The Balaban J connectivity index is 2.04. The van der Waals surface area contributed by atoms with Crippen molar-refractivity contribution in [3.63, 3.8) is 0 Å². The highest BCUT2D eigenvalue weighted by molar-refractivity contribution is 7.16. The van der Waals surface area contributed by atoms with Crippen molar-refractivity contribution in [1.29, 1.82) is 0 Å². The maximum absolute atomic E-state index is 5.51. The van der Waals surface area contributed by atoms with Crippen molar-refractivity contribution >= 4 is 33.3 Å². The maximum Gasteiger partial charge on any atom is 0.240 e. The molecule has 1 aliphatic rings. The molecule has 6 heteroatoms. The zero-order chi connectivity index (χ0) is 13.9. The molecule has 0 aliphatic carbocycles. The summed E-state index contributed by atoms with van der Waals surface area (Å²) >= 11 is 1.64. The molecule has 0 saturated carbocycles. The average molecular weight is 291 g/mol. The normalized spacial score (nSPS) is 19.5. The van der Waals surface area contributed by atoms with Crippen LogP contribution >= 0.6 is 11.3 Å². The number of piperidine rings is 1. The summed E-state index contributed by atoms with van der Waals surface area (Å²) in [5.74, 6) is 7.07. The molecule has 2 aromatic heterocycles. The van der Waals surface area contributed by atoms with Gasteiger partial charge in [-0.25, -0.2) is 10.8 Å². The van der Waals surface area contributed by atoms with E-state index in [4.69, 9.17) is 5.84 Å². The van der Waals surface area contributed by atoms with Gasteiger partial charge in [-0.15, -0.1) is 11.3 Å². The third kappa shape index (κ3) is 2.45. The third-order valence-corrected chi connectivity index (χ3v) is 4.76. The molecule has 1 saturated heterocycles. The number of rotatable bonds is 4. The zero-order valence-electron chi connectivity index (χ0n) is 11.8. The fourth-order valence-corrected chi connectivity index (χ4v) is 3.79. The molecule has 0 aromatic carbocycles. The van der Waals surface area contributed by atoms with Gasteiger partial charge >= 0.3 is 0 Å². The van der Waals surface area contributed by atoms with Crippen molar-refractivity contribution in [3.8, 4) is 0 Å². The molecule has 1 unspecified atom stereocenters. The van der Waals surface area contributed by atoms with E-state index in [0.29, 0.717) is 12.0 Å². The Morgan fingerprint density at radius 1 is 1.45 bits per heavy atom. The highest BCUT2D eigenvalue weighted by Gasteiger charge is 2.25. The van der Waals surface area contributed by atoms with Crippen LogP contribution in [0.15, 0.2) is 11.4 Å². The molecule has 1 atom stereocenters. The van der Waals surface area contributed by atoms with Gasteiger partial charge in [0.25, 0.3) is 0 Å². The highest BCUT2D eigenvalue weighted by Crippen LogP contribution is 2.33. The van der Waals surface area contributed by atoms with E-state index in [1.54, 1.807) is 11.3 Å². The second-order valence-electron chi connectivity index (χ2n) is 5.29. The summed E-state index contributed by atoms with van der Waals surface area (Å²) in [5.41, 5.74) is 2.59. The first-order valence-corrected chi connectivity index (χ1v) is 8.20. The number of fused-ring (bicyclic) bond motifs is 1. The third-order valence-electron chi connectivity index (χ3n) is 3.96. The molecule has 20 heavy (non-hydrogen) atoms. The quantitative estimate of drug-likeness (QED) is 0.669. The Bertz CT molecular complexity index is 580. The van der Waals surface area contributed by atoms with Gasteiger partial charge in [0.15, 0.2) is 0 Å². The van der Waals surface area contributed by atoms with Crippen molar-refractivity contribution in [2.45, 2.75) is 45.1 Å². The Morgan fingerprint density at radius 3 is 3.15 bits per heavy atom. The minimum atomic E-state index is 0.510. The van der Waals surface area contributed by atoms with Crippen molar-refractivity contribution in [1.82, 2.24) is 9.97 Å². The van der Waals surface area contributed by atoms with Gasteiger partial charge in [0.2, 0.25) is 5.95 Å². The molecule has 0 bridgehead atoms. The molecule has 2 aromatic rings. The van der Waals surface area contributed by atoms with Crippen molar-refractivity contribution < 1.29 is 0 Å². The van der Waals surface area contributed by atoms with E-state index in [2.05, 4.69) is 38.7 Å². The standard InChI is InChI=1S/C14H21N5S/c1-2-5-10-6-3-4-8-19(10)12-11-7-9-20-13(11)17-14(16-12)18-15/h7,9-10H,2-6,8,15H2,1H3,(H,16,17,18). The number of anilines is 2. The number of nitrogen functional groups attached to an aromatic ring is 1. The number of hydrogen-bond acceptors (Lipinski definition) is 6. The zero-order valence-corrected chi connectivity index (χ0v) is 12.6. The van der Waals surface area contributed by atoms with E-state index < -0.39 is 0 Å². The van der Waals surface area contributed by atoms with Gasteiger partial charge in [-0.2, -0.15) is 4.98 Å². The molecule has 0 amide bonds. The van der Waals surface area contributed by atoms with Gasteiger partial charge in [-0.3, -0.25) is 5.43 Å². The van der Waals surface area contributed by atoms with E-state index in [1.807, 2.05) is 0 Å². The van der Waals surface area contributed by atoms with Gasteiger partial charge in [-0.05, 0) is 37.1 Å². The molecule has 1 aliphatic heterocycles. The molecule has 1 fully saturated rings. The molecule has 0 radical (unpaired) electrons. The summed E-state index contributed by atoms with van der Waals surface area (Å²) in [5, 5.41) is 3.22. The van der Waals surface area contributed by atoms with Crippen LogP contribution in [0.3, 0.4) is 0 Å². The summed E-state index contributed by atoms with van der Waals surface area (Å²) in [7, 11) is 0. The largest absolute Gasteiger partial charge is 0.353 e. The Kier molecular flexibility index (Phi) is 4.03. The molecule has 0 spiro atoms. The SMILES string of the molecule is CCCC1CCCCN1c1nc(NN)nc2sccc12. The lowest BCUT2D eigenvalue weighted by Gasteiger charge is -2.37. The fourth-order valence-electron chi connectivity index (χ4n) is 3.04. The first-order chi connectivity index (χ1) is 9.83. The Morgan fingerprint density at radius 2 is 2.35 bits per heavy atom. The number of hydrogen-bond donors (Lipinski definition) is 2. The molecule has 3 rings (SSSR count). The topological polar surface area (TPSA) is 67.1 Å². The van der Waals surface area contributed by atoms with Crippen LogP contribution in [0.2, 0.25) is 0 Å². The number of nitrogens with zero attached hydrogens (tertiary/aromatic N) is 3. The predicted molar refractivity (Wildman–Crippen MR) is 85.1 cm³/mol. The monoisotopic (exact) mass is 291 g/mol. The van der Waals surface area contributed by atoms with E-state index in [9.17, 15) is 0 Å². The van der Waals surface area contributed by atoms with Crippen LogP contribution < -0.4 is 16.2 Å². The highest BCUT2D eigenvalue weighted by atomic mass is 32.1. The van der Waals surface area contributed by atoms with Crippen LogP contribution in [0.1, 0.15) is 39.0 Å². The van der Waals surface area contributed by atoms with Crippen molar-refractivity contribution in [3.05, 3.63) is 11.4 Å². The van der Waals surface area contributed by atoms with Gasteiger partial charge in [0.1, 0.15) is 10.6 Å². The van der Waals surface area contributed by atoms with Crippen LogP contribution in [0.25, 0.3) is 10.2 Å². The van der Waals surface area contributed by atoms with Crippen LogP contribution in [0.5, 0.6) is 0 Å². The molecule has 3 heterocycles. The summed E-state index contributed by atoms with van der Waals surface area (Å²) in [6.07, 6.45) is 6.25. The smallest absolute Gasteiger partial charge is 0.240 e. The molecule has 108 valence electrons. The predicted octanol–water partition coefficient (Wildman–Crippen LogP) is 3.14. The van der Waals surface area contributed by atoms with Crippen molar-refractivity contribution in [2.75, 3.05) is 16.9 Å². The van der Waals surface area contributed by atoms with E-state index >= 15 is 0 Å². The number of nitrogens with one attached hydrogen (secondary N) is 1. The van der Waals surface area contributed by atoms with E-state index in [0.717, 1.165) is 22.6 Å². The lowest BCUT2D eigenvalue weighted by Crippen LogP contribution is -2.40. The number of nitrogens with two attached hydrogens (primary N) is 1. The van der Waals surface area contributed by atoms with Crippen molar-refractivity contribution in [2.24, 2.45) is 5.84 Å². The van der Waals surface area contributed by atoms with Gasteiger partial charge in [0, 0.05) is 12.6 Å². The van der Waals surface area contributed by atoms with E-state index in [1.165, 1.54) is 32.1 Å². The lowest BCUT2D eigenvalue weighted by atomic mass is 9.98. The summed E-state index contributed by atoms with van der Waals surface area (Å²) in [6, 6.07) is 2.71. The number of hydrazine groups is 1. The second-order valence-corrected chi connectivity index (χ2v) is 6.18. The summed E-state index contributed by atoms with van der Waals surface area (Å²) in [4.78, 5) is 12.5.